The van der Waals surface area contributed by atoms with E-state index < -0.39 is 0 Å². The van der Waals surface area contributed by atoms with Gasteiger partial charge in [-0.2, -0.15) is 0 Å². The number of esters is 1. The average Bonchev–Trinajstić information content (AvgIpc) is 2.27. The Labute approximate surface area is 102 Å². The van der Waals surface area contributed by atoms with Crippen molar-refractivity contribution in [3.63, 3.8) is 0 Å². The molecule has 0 radical (unpaired) electrons. The van der Waals surface area contributed by atoms with Gasteiger partial charge in [-0.05, 0) is 19.3 Å². The second kappa shape index (κ2) is 6.00. The van der Waals surface area contributed by atoms with Crippen LogP contribution in [0.4, 0.5) is 0 Å². The van der Waals surface area contributed by atoms with E-state index in [1.54, 1.807) is 11.9 Å². The van der Waals surface area contributed by atoms with Crippen LogP contribution in [0.25, 0.3) is 0 Å². The fourth-order valence-corrected chi connectivity index (χ4v) is 2.18. The molecule has 1 aliphatic rings. The summed E-state index contributed by atoms with van der Waals surface area (Å²) in [6.07, 6.45) is 3.85. The number of amides is 1. The van der Waals surface area contributed by atoms with E-state index in [1.165, 1.54) is 7.11 Å². The van der Waals surface area contributed by atoms with Gasteiger partial charge in [0.25, 0.3) is 0 Å². The lowest BCUT2D eigenvalue weighted by Gasteiger charge is -2.41. The molecule has 1 aliphatic carbocycles. The third-order valence-electron chi connectivity index (χ3n) is 3.60. The monoisotopic (exact) mass is 242 g/mol. The lowest BCUT2D eigenvalue weighted by atomic mass is 9.68. The largest absolute Gasteiger partial charge is 0.469 e. The van der Waals surface area contributed by atoms with Gasteiger partial charge in [0.05, 0.1) is 12.5 Å². The molecule has 1 rings (SSSR count). The first kappa shape index (κ1) is 14.0. The van der Waals surface area contributed by atoms with Gasteiger partial charge in [-0.25, -0.2) is 0 Å². The summed E-state index contributed by atoms with van der Waals surface area (Å²) >= 11 is 0. The first-order chi connectivity index (χ1) is 8.05. The second-order valence-corrected chi connectivity index (χ2v) is 4.74. The summed E-state index contributed by atoms with van der Waals surface area (Å²) in [5, 5.41) is 0. The number of hydrogen-bond donors (Lipinski definition) is 1. The van der Waals surface area contributed by atoms with E-state index in [0.717, 1.165) is 19.3 Å². The van der Waals surface area contributed by atoms with Crippen LogP contribution in [0, 0.1) is 5.41 Å². The smallest absolute Gasteiger partial charge is 0.305 e. The molecule has 0 aliphatic heterocycles. The molecule has 5 nitrogen and oxygen atoms in total. The van der Waals surface area contributed by atoms with Gasteiger partial charge >= 0.3 is 5.97 Å². The number of rotatable bonds is 6. The number of methoxy groups -OCH3 is 1. The molecule has 17 heavy (non-hydrogen) atoms. The maximum absolute atomic E-state index is 12.2. The molecule has 0 bridgehead atoms. The van der Waals surface area contributed by atoms with Crippen molar-refractivity contribution in [2.24, 2.45) is 11.1 Å². The number of ether oxygens (including phenoxy) is 1. The minimum atomic E-state index is -0.319. The Hall–Kier alpha value is -1.10. The summed E-state index contributed by atoms with van der Waals surface area (Å²) in [5.41, 5.74) is 5.36. The Bertz CT molecular complexity index is 282. The van der Waals surface area contributed by atoms with Crippen LogP contribution in [0.3, 0.4) is 0 Å². The summed E-state index contributed by atoms with van der Waals surface area (Å²) in [5.74, 6) is -0.112. The predicted octanol–water partition coefficient (Wildman–Crippen LogP) is 0.527. The van der Waals surface area contributed by atoms with E-state index in [2.05, 4.69) is 4.74 Å². The van der Waals surface area contributed by atoms with Gasteiger partial charge in [-0.1, -0.05) is 6.42 Å². The zero-order chi connectivity index (χ0) is 12.9. The summed E-state index contributed by atoms with van der Waals surface area (Å²) in [6.45, 7) is 1.00. The molecular formula is C12H22N2O3. The van der Waals surface area contributed by atoms with Crippen LogP contribution < -0.4 is 5.73 Å². The third kappa shape index (κ3) is 3.19. The van der Waals surface area contributed by atoms with Crippen LogP contribution in [-0.4, -0.2) is 44.0 Å². The van der Waals surface area contributed by atoms with Crippen molar-refractivity contribution in [1.29, 1.82) is 0 Å². The highest BCUT2D eigenvalue weighted by atomic mass is 16.5. The molecule has 0 aromatic heterocycles. The molecule has 0 saturated heterocycles. The maximum Gasteiger partial charge on any atom is 0.305 e. The van der Waals surface area contributed by atoms with Crippen LogP contribution in [0.5, 0.6) is 0 Å². The van der Waals surface area contributed by atoms with Gasteiger partial charge in [0.15, 0.2) is 0 Å². The standard InChI is InChI=1S/C12H22N2O3/c1-14(8-3-5-10(15)17-2)11(16)12(9-13)6-4-7-12/h3-9,13H2,1-2H3. The van der Waals surface area contributed by atoms with E-state index in [-0.39, 0.29) is 17.3 Å². The van der Waals surface area contributed by atoms with Gasteiger partial charge in [0.1, 0.15) is 0 Å². The average molecular weight is 242 g/mol. The summed E-state index contributed by atoms with van der Waals surface area (Å²) in [6, 6.07) is 0. The van der Waals surface area contributed by atoms with Crippen molar-refractivity contribution < 1.29 is 14.3 Å². The molecule has 0 aromatic rings. The molecule has 0 spiro atoms. The quantitative estimate of drug-likeness (QED) is 0.689. The van der Waals surface area contributed by atoms with Crippen molar-refractivity contribution in [2.75, 3.05) is 27.2 Å². The van der Waals surface area contributed by atoms with Crippen molar-refractivity contribution in [3.05, 3.63) is 0 Å². The highest BCUT2D eigenvalue weighted by molar-refractivity contribution is 5.83. The van der Waals surface area contributed by atoms with E-state index in [4.69, 9.17) is 5.73 Å². The first-order valence-electron chi connectivity index (χ1n) is 6.08. The number of carbonyl (C=O) groups is 2. The van der Waals surface area contributed by atoms with Gasteiger partial charge < -0.3 is 15.4 Å². The van der Waals surface area contributed by atoms with Crippen molar-refractivity contribution in [2.45, 2.75) is 32.1 Å². The summed E-state index contributed by atoms with van der Waals surface area (Å²) in [7, 11) is 3.14. The topological polar surface area (TPSA) is 72.6 Å². The Morgan fingerprint density at radius 2 is 2.06 bits per heavy atom. The summed E-state index contributed by atoms with van der Waals surface area (Å²) < 4.78 is 4.55. The molecule has 0 heterocycles. The van der Waals surface area contributed by atoms with Gasteiger partial charge in [0.2, 0.25) is 5.91 Å². The highest BCUT2D eigenvalue weighted by Crippen LogP contribution is 2.41. The van der Waals surface area contributed by atoms with E-state index in [9.17, 15) is 9.59 Å². The van der Waals surface area contributed by atoms with Crippen LogP contribution in [0.15, 0.2) is 0 Å². The molecule has 5 heteroatoms. The van der Waals surface area contributed by atoms with Gasteiger partial charge in [0, 0.05) is 26.6 Å². The van der Waals surface area contributed by atoms with Crippen LogP contribution in [-0.2, 0) is 14.3 Å². The minimum absolute atomic E-state index is 0.121. The third-order valence-corrected chi connectivity index (χ3v) is 3.60. The number of carbonyl (C=O) groups excluding carboxylic acids is 2. The molecule has 1 amide bonds. The molecule has 0 aromatic carbocycles. The first-order valence-corrected chi connectivity index (χ1v) is 6.08. The molecule has 0 atom stereocenters. The Morgan fingerprint density at radius 1 is 1.41 bits per heavy atom. The molecule has 98 valence electrons. The number of nitrogens with zero attached hydrogens (tertiary/aromatic N) is 1. The van der Waals surface area contributed by atoms with Crippen LogP contribution >= 0.6 is 0 Å². The maximum atomic E-state index is 12.2. The Morgan fingerprint density at radius 3 is 2.47 bits per heavy atom. The molecule has 2 N–H and O–H groups in total. The Kier molecular flexibility index (Phi) is 4.93. The zero-order valence-corrected chi connectivity index (χ0v) is 10.7. The predicted molar refractivity (Wildman–Crippen MR) is 64.2 cm³/mol. The van der Waals surface area contributed by atoms with E-state index in [0.29, 0.717) is 25.9 Å². The molecule has 0 unspecified atom stereocenters. The van der Waals surface area contributed by atoms with Gasteiger partial charge in [-0.3, -0.25) is 9.59 Å². The summed E-state index contributed by atoms with van der Waals surface area (Å²) in [4.78, 5) is 24.8. The zero-order valence-electron chi connectivity index (χ0n) is 10.7. The van der Waals surface area contributed by atoms with Crippen molar-refractivity contribution in [3.8, 4) is 0 Å². The van der Waals surface area contributed by atoms with E-state index >= 15 is 0 Å². The van der Waals surface area contributed by atoms with Gasteiger partial charge in [-0.15, -0.1) is 0 Å². The molecular weight excluding hydrogens is 220 g/mol. The number of hydrogen-bond acceptors (Lipinski definition) is 4. The molecule has 1 saturated carbocycles. The highest BCUT2D eigenvalue weighted by Gasteiger charge is 2.44. The number of nitrogens with two attached hydrogens (primary N) is 1. The normalized spacial score (nSPS) is 17.1. The van der Waals surface area contributed by atoms with Crippen LogP contribution in [0.1, 0.15) is 32.1 Å². The lowest BCUT2D eigenvalue weighted by Crippen LogP contribution is -2.51. The lowest BCUT2D eigenvalue weighted by molar-refractivity contribution is -0.146. The minimum Gasteiger partial charge on any atom is -0.469 e. The Balaban J connectivity index is 2.34. The SMILES string of the molecule is COC(=O)CCCN(C)C(=O)C1(CN)CCC1. The van der Waals surface area contributed by atoms with Crippen molar-refractivity contribution >= 4 is 11.9 Å². The van der Waals surface area contributed by atoms with Crippen LogP contribution in [0.2, 0.25) is 0 Å². The fraction of sp³-hybridized carbons (Fsp3) is 0.833. The second-order valence-electron chi connectivity index (χ2n) is 4.74. The van der Waals surface area contributed by atoms with E-state index in [1.807, 2.05) is 0 Å². The van der Waals surface area contributed by atoms with Crippen molar-refractivity contribution in [1.82, 2.24) is 4.90 Å². The molecule has 1 fully saturated rings. The fourth-order valence-electron chi connectivity index (χ4n) is 2.18.